The van der Waals surface area contributed by atoms with Gasteiger partial charge in [0.15, 0.2) is 0 Å². The van der Waals surface area contributed by atoms with E-state index < -0.39 is 23.9 Å². The second kappa shape index (κ2) is 10.8. The van der Waals surface area contributed by atoms with Crippen LogP contribution in [-0.2, 0) is 15.9 Å². The molecule has 3 rings (SSSR count). The largest absolute Gasteiger partial charge is 0.386 e. The van der Waals surface area contributed by atoms with Gasteiger partial charge in [-0.2, -0.15) is 0 Å². The van der Waals surface area contributed by atoms with Crippen LogP contribution in [0.5, 0.6) is 0 Å². The molecule has 0 radical (unpaired) electrons. The Morgan fingerprint density at radius 3 is 1.69 bits per heavy atom. The molecule has 0 heterocycles. The van der Waals surface area contributed by atoms with Crippen molar-refractivity contribution in [2.75, 3.05) is 0 Å². The van der Waals surface area contributed by atoms with Gasteiger partial charge in [-0.1, -0.05) is 61.9 Å². The summed E-state index contributed by atoms with van der Waals surface area (Å²) in [5.41, 5.74) is 0.741. The standard InChI is InChI=1S/C26H22O6/c1-2-3-11-18-16-10-17-21(25(29)31-23(27)19-12-6-4-7-13-19)22(18)26(30)32-24(28)20-14-8-5-9-15-20/h4-10,12-17H,2-3,11H2,1H3. The maximum absolute atomic E-state index is 13.0. The maximum atomic E-state index is 13.0. The molecule has 0 N–H and O–H groups in total. The van der Waals surface area contributed by atoms with E-state index in [1.807, 2.05) is 6.92 Å². The van der Waals surface area contributed by atoms with E-state index in [9.17, 15) is 19.2 Å². The number of carbonyl (C=O) groups is 4. The van der Waals surface area contributed by atoms with Crippen molar-refractivity contribution < 1.29 is 28.7 Å². The summed E-state index contributed by atoms with van der Waals surface area (Å²) in [6.07, 6.45) is 2.11. The highest BCUT2D eigenvalue weighted by atomic mass is 16.6. The van der Waals surface area contributed by atoms with Gasteiger partial charge in [0.05, 0.1) is 22.3 Å². The fourth-order valence-corrected chi connectivity index (χ4v) is 3.13. The summed E-state index contributed by atoms with van der Waals surface area (Å²) in [7, 11) is 0. The molecule has 0 aliphatic heterocycles. The van der Waals surface area contributed by atoms with E-state index in [0.717, 1.165) is 12.8 Å². The first-order valence-corrected chi connectivity index (χ1v) is 10.3. The molecule has 0 saturated heterocycles. The topological polar surface area (TPSA) is 86.7 Å². The first kappa shape index (κ1) is 22.6. The van der Waals surface area contributed by atoms with E-state index in [1.54, 1.807) is 48.5 Å². The molecule has 162 valence electrons. The van der Waals surface area contributed by atoms with Gasteiger partial charge in [-0.3, -0.25) is 0 Å². The average Bonchev–Trinajstić information content (AvgIpc) is 2.83. The number of benzene rings is 3. The van der Waals surface area contributed by atoms with Gasteiger partial charge < -0.3 is 9.47 Å². The second-order valence-electron chi connectivity index (χ2n) is 7.03. The summed E-state index contributed by atoms with van der Waals surface area (Å²) in [6.45, 7) is 1.99. The lowest BCUT2D eigenvalue weighted by molar-refractivity contribution is 0.0356. The third-order valence-corrected chi connectivity index (χ3v) is 4.76. The molecular weight excluding hydrogens is 408 g/mol. The number of aryl methyl sites for hydroxylation is 1. The van der Waals surface area contributed by atoms with Gasteiger partial charge in [0.25, 0.3) is 0 Å². The summed E-state index contributed by atoms with van der Waals surface area (Å²) in [6, 6.07) is 20.8. The van der Waals surface area contributed by atoms with Gasteiger partial charge >= 0.3 is 23.9 Å². The minimum Gasteiger partial charge on any atom is -0.386 e. The highest BCUT2D eigenvalue weighted by molar-refractivity contribution is 6.11. The number of esters is 4. The number of hydrogen-bond acceptors (Lipinski definition) is 6. The van der Waals surface area contributed by atoms with Gasteiger partial charge in [0.1, 0.15) is 0 Å². The minimum absolute atomic E-state index is 0.0731. The Bertz CT molecular complexity index is 1120. The minimum atomic E-state index is -0.990. The van der Waals surface area contributed by atoms with Crippen molar-refractivity contribution in [3.8, 4) is 0 Å². The molecule has 0 saturated carbocycles. The SMILES string of the molecule is CCCCc1cccc(C(=O)OC(=O)c2ccccc2)c1C(=O)OC(=O)c1ccccc1. The van der Waals surface area contributed by atoms with E-state index in [-0.39, 0.29) is 22.3 Å². The third-order valence-electron chi connectivity index (χ3n) is 4.76. The van der Waals surface area contributed by atoms with Crippen LogP contribution in [-0.4, -0.2) is 23.9 Å². The van der Waals surface area contributed by atoms with Crippen LogP contribution in [0, 0.1) is 0 Å². The van der Waals surface area contributed by atoms with Crippen LogP contribution in [0.1, 0.15) is 66.8 Å². The molecule has 6 heteroatoms. The van der Waals surface area contributed by atoms with Gasteiger partial charge in [-0.25, -0.2) is 19.2 Å². The van der Waals surface area contributed by atoms with Gasteiger partial charge in [-0.15, -0.1) is 0 Å². The first-order valence-electron chi connectivity index (χ1n) is 10.3. The molecule has 0 fully saturated rings. The number of carbonyl (C=O) groups excluding carboxylic acids is 4. The predicted molar refractivity (Wildman–Crippen MR) is 117 cm³/mol. The highest BCUT2D eigenvalue weighted by Crippen LogP contribution is 2.21. The van der Waals surface area contributed by atoms with E-state index >= 15 is 0 Å². The molecule has 0 unspecified atom stereocenters. The number of unbranched alkanes of at least 4 members (excludes halogenated alkanes) is 1. The summed E-state index contributed by atoms with van der Waals surface area (Å²) >= 11 is 0. The zero-order valence-corrected chi connectivity index (χ0v) is 17.6. The van der Waals surface area contributed by atoms with Crippen molar-refractivity contribution in [1.29, 1.82) is 0 Å². The Morgan fingerprint density at radius 2 is 1.16 bits per heavy atom. The van der Waals surface area contributed by atoms with Gasteiger partial charge in [0.2, 0.25) is 0 Å². The van der Waals surface area contributed by atoms with Gasteiger partial charge in [0, 0.05) is 0 Å². The highest BCUT2D eigenvalue weighted by Gasteiger charge is 2.26. The molecular formula is C26H22O6. The second-order valence-corrected chi connectivity index (χ2v) is 7.03. The van der Waals surface area contributed by atoms with Crippen molar-refractivity contribution in [3.05, 3.63) is 107 Å². The third kappa shape index (κ3) is 5.55. The summed E-state index contributed by atoms with van der Waals surface area (Å²) < 4.78 is 10.0. The fourth-order valence-electron chi connectivity index (χ4n) is 3.13. The lowest BCUT2D eigenvalue weighted by Gasteiger charge is -2.13. The number of rotatable bonds is 7. The Balaban J connectivity index is 1.90. The smallest absolute Gasteiger partial charge is 0.347 e. The van der Waals surface area contributed by atoms with Crippen molar-refractivity contribution >= 4 is 23.9 Å². The Hall–Kier alpha value is -4.06. The molecule has 0 aromatic heterocycles. The lowest BCUT2D eigenvalue weighted by atomic mass is 9.97. The van der Waals surface area contributed by atoms with E-state index in [1.165, 1.54) is 30.3 Å². The molecule has 3 aromatic carbocycles. The van der Waals surface area contributed by atoms with Crippen molar-refractivity contribution in [2.24, 2.45) is 0 Å². The molecule has 0 spiro atoms. The van der Waals surface area contributed by atoms with Crippen molar-refractivity contribution in [2.45, 2.75) is 26.2 Å². The Labute approximate surface area is 185 Å². The molecule has 0 bridgehead atoms. The van der Waals surface area contributed by atoms with Crippen LogP contribution in [0.2, 0.25) is 0 Å². The average molecular weight is 430 g/mol. The Kier molecular flexibility index (Phi) is 7.65. The van der Waals surface area contributed by atoms with Crippen LogP contribution in [0.4, 0.5) is 0 Å². The molecule has 0 atom stereocenters. The van der Waals surface area contributed by atoms with E-state index in [2.05, 4.69) is 0 Å². The van der Waals surface area contributed by atoms with Crippen molar-refractivity contribution in [3.63, 3.8) is 0 Å². The van der Waals surface area contributed by atoms with Crippen LogP contribution in [0.25, 0.3) is 0 Å². The van der Waals surface area contributed by atoms with Crippen LogP contribution < -0.4 is 0 Å². The number of hydrogen-bond donors (Lipinski definition) is 0. The number of ether oxygens (including phenoxy) is 2. The monoisotopic (exact) mass is 430 g/mol. The zero-order valence-electron chi connectivity index (χ0n) is 17.6. The van der Waals surface area contributed by atoms with Gasteiger partial charge in [-0.05, 0) is 48.7 Å². The first-order chi connectivity index (χ1) is 15.5. The molecule has 3 aromatic rings. The summed E-state index contributed by atoms with van der Waals surface area (Å²) in [4.78, 5) is 50.5. The molecule has 32 heavy (non-hydrogen) atoms. The quantitative estimate of drug-likeness (QED) is 0.386. The fraction of sp³-hybridized carbons (Fsp3) is 0.154. The molecule has 0 aliphatic rings. The summed E-state index contributed by atoms with van der Waals surface area (Å²) in [5.74, 6) is -3.63. The van der Waals surface area contributed by atoms with Crippen molar-refractivity contribution in [1.82, 2.24) is 0 Å². The van der Waals surface area contributed by atoms with Crippen LogP contribution in [0.15, 0.2) is 78.9 Å². The van der Waals surface area contributed by atoms with Crippen LogP contribution in [0.3, 0.4) is 0 Å². The zero-order chi connectivity index (χ0) is 22.9. The molecule has 6 nitrogen and oxygen atoms in total. The van der Waals surface area contributed by atoms with E-state index in [0.29, 0.717) is 12.0 Å². The maximum Gasteiger partial charge on any atom is 0.347 e. The summed E-state index contributed by atoms with van der Waals surface area (Å²) in [5, 5.41) is 0. The Morgan fingerprint density at radius 1 is 0.625 bits per heavy atom. The molecule has 0 aliphatic carbocycles. The molecule has 0 amide bonds. The normalized spacial score (nSPS) is 10.3. The predicted octanol–water partition coefficient (Wildman–Crippen LogP) is 5.02. The lowest BCUT2D eigenvalue weighted by Crippen LogP contribution is -2.21. The van der Waals surface area contributed by atoms with E-state index in [4.69, 9.17) is 9.47 Å². The van der Waals surface area contributed by atoms with Crippen LogP contribution >= 0.6 is 0 Å².